The normalized spacial score (nSPS) is 14.7. The van der Waals surface area contributed by atoms with Crippen LogP contribution < -0.4 is 10.2 Å². The molecule has 1 fully saturated rings. The maximum Gasteiger partial charge on any atom is 0.287 e. The summed E-state index contributed by atoms with van der Waals surface area (Å²) in [5.74, 6) is 1.89. The van der Waals surface area contributed by atoms with Crippen LogP contribution in [0, 0.1) is 0 Å². The molecule has 2 aromatic heterocycles. The van der Waals surface area contributed by atoms with Crippen molar-refractivity contribution in [2.45, 2.75) is 19.9 Å². The lowest BCUT2D eigenvalue weighted by Gasteiger charge is -2.28. The Bertz CT molecular complexity index is 663. The summed E-state index contributed by atoms with van der Waals surface area (Å²) >= 11 is 0. The number of nitrogens with one attached hydrogen (secondary N) is 1. The van der Waals surface area contributed by atoms with Crippen LogP contribution in [0.25, 0.3) is 0 Å². The molecular formula is C17H21N3O3. The van der Waals surface area contributed by atoms with E-state index in [0.717, 1.165) is 49.9 Å². The van der Waals surface area contributed by atoms with Crippen LogP contribution in [0.2, 0.25) is 0 Å². The zero-order valence-electron chi connectivity index (χ0n) is 13.2. The second kappa shape index (κ2) is 7.28. The van der Waals surface area contributed by atoms with Gasteiger partial charge in [-0.05, 0) is 29.8 Å². The first-order chi connectivity index (χ1) is 11.3. The summed E-state index contributed by atoms with van der Waals surface area (Å²) in [6.07, 6.45) is 2.55. The van der Waals surface area contributed by atoms with E-state index in [4.69, 9.17) is 9.15 Å². The number of pyridine rings is 1. The minimum Gasteiger partial charge on any atom is -0.456 e. The zero-order chi connectivity index (χ0) is 16.1. The van der Waals surface area contributed by atoms with E-state index in [1.54, 1.807) is 12.3 Å². The second-order valence-electron chi connectivity index (χ2n) is 5.42. The molecule has 1 amide bonds. The highest BCUT2D eigenvalue weighted by atomic mass is 16.5. The van der Waals surface area contributed by atoms with Crippen LogP contribution in [-0.2, 0) is 17.7 Å². The lowest BCUT2D eigenvalue weighted by Crippen LogP contribution is -2.36. The van der Waals surface area contributed by atoms with Crippen LogP contribution in [0.3, 0.4) is 0 Å². The Morgan fingerprint density at radius 3 is 2.87 bits per heavy atom. The van der Waals surface area contributed by atoms with Gasteiger partial charge in [0.1, 0.15) is 11.6 Å². The molecule has 0 saturated carbocycles. The number of aromatic nitrogens is 1. The minimum absolute atomic E-state index is 0.200. The summed E-state index contributed by atoms with van der Waals surface area (Å²) in [5, 5.41) is 2.88. The number of hydrogen-bond acceptors (Lipinski definition) is 5. The van der Waals surface area contributed by atoms with Crippen molar-refractivity contribution in [3.63, 3.8) is 0 Å². The Balaban J connectivity index is 1.60. The molecule has 0 unspecified atom stereocenters. The number of anilines is 1. The van der Waals surface area contributed by atoms with Crippen molar-refractivity contribution in [1.29, 1.82) is 0 Å². The molecule has 1 aliphatic heterocycles. The number of carbonyl (C=O) groups is 1. The van der Waals surface area contributed by atoms with Gasteiger partial charge in [-0.2, -0.15) is 0 Å². The molecule has 23 heavy (non-hydrogen) atoms. The summed E-state index contributed by atoms with van der Waals surface area (Å²) in [6, 6.07) is 7.45. The quantitative estimate of drug-likeness (QED) is 0.914. The van der Waals surface area contributed by atoms with Gasteiger partial charge in [-0.25, -0.2) is 4.98 Å². The molecule has 6 heteroatoms. The maximum absolute atomic E-state index is 12.1. The molecular weight excluding hydrogens is 294 g/mol. The smallest absolute Gasteiger partial charge is 0.287 e. The van der Waals surface area contributed by atoms with Crippen molar-refractivity contribution in [3.8, 4) is 0 Å². The number of hydrogen-bond donors (Lipinski definition) is 1. The SMILES string of the molecule is CCc1ccc(C(=O)NCc2ccnc(N3CCOCC3)c2)o1. The number of morpholine rings is 1. The molecule has 1 N–H and O–H groups in total. The van der Waals surface area contributed by atoms with E-state index < -0.39 is 0 Å². The second-order valence-corrected chi connectivity index (χ2v) is 5.42. The first kappa shape index (κ1) is 15.6. The fraction of sp³-hybridized carbons (Fsp3) is 0.412. The molecule has 0 radical (unpaired) electrons. The van der Waals surface area contributed by atoms with Gasteiger partial charge >= 0.3 is 0 Å². The lowest BCUT2D eigenvalue weighted by atomic mass is 10.2. The van der Waals surface area contributed by atoms with Crippen molar-refractivity contribution in [3.05, 3.63) is 47.5 Å². The fourth-order valence-electron chi connectivity index (χ4n) is 2.50. The number of amides is 1. The van der Waals surface area contributed by atoms with E-state index in [-0.39, 0.29) is 5.91 Å². The van der Waals surface area contributed by atoms with Gasteiger partial charge in [0.15, 0.2) is 5.76 Å². The predicted molar refractivity (Wildman–Crippen MR) is 86.5 cm³/mol. The average molecular weight is 315 g/mol. The van der Waals surface area contributed by atoms with Crippen LogP contribution in [0.5, 0.6) is 0 Å². The number of aryl methyl sites for hydroxylation is 1. The Kier molecular flexibility index (Phi) is 4.92. The van der Waals surface area contributed by atoms with E-state index in [0.29, 0.717) is 12.3 Å². The van der Waals surface area contributed by atoms with E-state index in [9.17, 15) is 4.79 Å². The standard InChI is InChI=1S/C17H21N3O3/c1-2-14-3-4-15(23-14)17(21)19-12-13-5-6-18-16(11-13)20-7-9-22-10-8-20/h3-6,11H,2,7-10,12H2,1H3,(H,19,21). The molecule has 2 aromatic rings. The van der Waals surface area contributed by atoms with Crippen molar-refractivity contribution in [2.75, 3.05) is 31.2 Å². The first-order valence-corrected chi connectivity index (χ1v) is 7.91. The summed E-state index contributed by atoms with van der Waals surface area (Å²) in [7, 11) is 0. The first-order valence-electron chi connectivity index (χ1n) is 7.91. The van der Waals surface area contributed by atoms with Crippen molar-refractivity contribution in [2.24, 2.45) is 0 Å². The number of rotatable bonds is 5. The number of nitrogens with zero attached hydrogens (tertiary/aromatic N) is 2. The highest BCUT2D eigenvalue weighted by molar-refractivity contribution is 5.91. The molecule has 0 aromatic carbocycles. The summed E-state index contributed by atoms with van der Waals surface area (Å²) in [6.45, 7) is 5.57. The summed E-state index contributed by atoms with van der Waals surface area (Å²) in [4.78, 5) is 18.7. The van der Waals surface area contributed by atoms with Gasteiger partial charge in [0.2, 0.25) is 0 Å². The summed E-state index contributed by atoms with van der Waals surface area (Å²) in [5.41, 5.74) is 1.01. The van der Waals surface area contributed by atoms with Crippen LogP contribution in [0.15, 0.2) is 34.9 Å². The van der Waals surface area contributed by atoms with Gasteiger partial charge in [0, 0.05) is 32.3 Å². The molecule has 1 saturated heterocycles. The topological polar surface area (TPSA) is 67.6 Å². The summed E-state index contributed by atoms with van der Waals surface area (Å²) < 4.78 is 10.8. The Labute approximate surface area is 135 Å². The molecule has 0 atom stereocenters. The minimum atomic E-state index is -0.200. The molecule has 0 bridgehead atoms. The molecule has 0 aliphatic carbocycles. The van der Waals surface area contributed by atoms with E-state index in [1.165, 1.54) is 0 Å². The van der Waals surface area contributed by atoms with Gasteiger partial charge in [-0.15, -0.1) is 0 Å². The Morgan fingerprint density at radius 2 is 2.13 bits per heavy atom. The predicted octanol–water partition coefficient (Wildman–Crippen LogP) is 2.00. The van der Waals surface area contributed by atoms with E-state index in [1.807, 2.05) is 25.1 Å². The average Bonchev–Trinajstić information content (AvgIpc) is 3.10. The van der Waals surface area contributed by atoms with Gasteiger partial charge < -0.3 is 19.4 Å². The van der Waals surface area contributed by atoms with Gasteiger partial charge in [-0.3, -0.25) is 4.79 Å². The monoisotopic (exact) mass is 315 g/mol. The van der Waals surface area contributed by atoms with E-state index >= 15 is 0 Å². The third-order valence-corrected chi connectivity index (χ3v) is 3.83. The van der Waals surface area contributed by atoms with Crippen molar-refractivity contribution in [1.82, 2.24) is 10.3 Å². The third-order valence-electron chi connectivity index (χ3n) is 3.83. The van der Waals surface area contributed by atoms with Crippen LogP contribution in [0.4, 0.5) is 5.82 Å². The molecule has 1 aliphatic rings. The highest BCUT2D eigenvalue weighted by Gasteiger charge is 2.13. The van der Waals surface area contributed by atoms with E-state index in [2.05, 4.69) is 15.2 Å². The van der Waals surface area contributed by atoms with Crippen LogP contribution >= 0.6 is 0 Å². The number of carbonyl (C=O) groups excluding carboxylic acids is 1. The van der Waals surface area contributed by atoms with Gasteiger partial charge in [0.05, 0.1) is 13.2 Å². The molecule has 3 heterocycles. The Hall–Kier alpha value is -2.34. The molecule has 6 nitrogen and oxygen atoms in total. The molecule has 3 rings (SSSR count). The fourth-order valence-corrected chi connectivity index (χ4v) is 2.50. The van der Waals surface area contributed by atoms with Gasteiger partial charge in [0.25, 0.3) is 5.91 Å². The van der Waals surface area contributed by atoms with Crippen molar-refractivity contribution >= 4 is 11.7 Å². The number of ether oxygens (including phenoxy) is 1. The lowest BCUT2D eigenvalue weighted by molar-refractivity contribution is 0.0921. The molecule has 122 valence electrons. The zero-order valence-corrected chi connectivity index (χ0v) is 13.2. The van der Waals surface area contributed by atoms with Gasteiger partial charge in [-0.1, -0.05) is 6.92 Å². The van der Waals surface area contributed by atoms with Crippen LogP contribution in [0.1, 0.15) is 28.8 Å². The maximum atomic E-state index is 12.1. The van der Waals surface area contributed by atoms with Crippen molar-refractivity contribution < 1.29 is 13.9 Å². The Morgan fingerprint density at radius 1 is 1.30 bits per heavy atom. The molecule has 0 spiro atoms. The van der Waals surface area contributed by atoms with Crippen LogP contribution in [-0.4, -0.2) is 37.2 Å². The highest BCUT2D eigenvalue weighted by Crippen LogP contribution is 2.14. The number of furan rings is 1. The third kappa shape index (κ3) is 3.90. The largest absolute Gasteiger partial charge is 0.456 e.